The van der Waals surface area contributed by atoms with Crippen LogP contribution in [0.5, 0.6) is 0 Å². The van der Waals surface area contributed by atoms with Crippen molar-refractivity contribution in [2.24, 2.45) is 0 Å². The van der Waals surface area contributed by atoms with Crippen LogP contribution in [0.4, 0.5) is 11.4 Å². The molecule has 12 rings (SSSR count). The Kier molecular flexibility index (Phi) is 7.05. The van der Waals surface area contributed by atoms with Crippen molar-refractivity contribution in [2.75, 3.05) is 4.90 Å². The number of para-hydroxylation sites is 5. The predicted molar refractivity (Wildman–Crippen MR) is 240 cm³/mol. The van der Waals surface area contributed by atoms with Crippen LogP contribution in [0.2, 0.25) is 0 Å². The minimum Gasteiger partial charge on any atom is -0.333 e. The van der Waals surface area contributed by atoms with Crippen LogP contribution in [0.15, 0.2) is 206 Å². The van der Waals surface area contributed by atoms with Gasteiger partial charge < -0.3 is 14.0 Å². The summed E-state index contributed by atoms with van der Waals surface area (Å²) in [6.45, 7) is 0. The van der Waals surface area contributed by atoms with Gasteiger partial charge in [0.15, 0.2) is 0 Å². The molecule has 0 saturated heterocycles. The van der Waals surface area contributed by atoms with E-state index in [4.69, 9.17) is 0 Å². The van der Waals surface area contributed by atoms with Gasteiger partial charge in [-0.25, -0.2) is 0 Å². The van der Waals surface area contributed by atoms with Crippen molar-refractivity contribution in [3.8, 4) is 22.5 Å². The first-order valence-corrected chi connectivity index (χ1v) is 19.9. The Morgan fingerprint density at radius 2 is 0.860 bits per heavy atom. The van der Waals surface area contributed by atoms with E-state index in [1.165, 1.54) is 99.8 Å². The van der Waals surface area contributed by atoms with E-state index < -0.39 is 0 Å². The normalized spacial score (nSPS) is 14.9. The average molecular weight is 728 g/mol. The molecule has 8 aromatic carbocycles. The average Bonchev–Trinajstić information content (AvgIpc) is 3.92. The zero-order valence-corrected chi connectivity index (χ0v) is 31.3. The number of hydrogen-bond donors (Lipinski definition) is 0. The minimum atomic E-state index is 0.277. The fourth-order valence-corrected chi connectivity index (χ4v) is 9.64. The van der Waals surface area contributed by atoms with E-state index in [9.17, 15) is 0 Å². The van der Waals surface area contributed by atoms with E-state index in [2.05, 4.69) is 220 Å². The molecule has 2 aromatic heterocycles. The van der Waals surface area contributed by atoms with Gasteiger partial charge in [-0.05, 0) is 125 Å². The molecule has 268 valence electrons. The van der Waals surface area contributed by atoms with E-state index in [1.807, 2.05) is 0 Å². The quantitative estimate of drug-likeness (QED) is 0.172. The standard InChI is InChI=1S/C54H37N3/c1-4-14-40(15-5-1)55-49-22-12-10-20-43(49)45-32-36(24-28-51(45)55)38-26-30-53-47(34-38)48-35-39(27-31-54(48)57(53)42-18-8-3-9-19-42)37-25-29-52-46(33-37)44-21-11-13-23-50(44)56(52)41-16-6-2-7-17-41/h1-28,30-35,52H,29H2. The molecule has 0 spiro atoms. The van der Waals surface area contributed by atoms with Crippen LogP contribution in [0, 0.1) is 0 Å². The molecule has 10 aromatic rings. The van der Waals surface area contributed by atoms with Crippen LogP contribution in [0.1, 0.15) is 17.5 Å². The maximum atomic E-state index is 2.52. The highest BCUT2D eigenvalue weighted by atomic mass is 15.2. The lowest BCUT2D eigenvalue weighted by atomic mass is 9.89. The molecule has 0 fully saturated rings. The number of allylic oxidation sites excluding steroid dienone is 2. The van der Waals surface area contributed by atoms with Crippen molar-refractivity contribution >= 4 is 66.1 Å². The van der Waals surface area contributed by atoms with E-state index in [1.54, 1.807) is 0 Å². The van der Waals surface area contributed by atoms with Gasteiger partial charge in [0.25, 0.3) is 0 Å². The molecule has 2 aliphatic rings. The molecule has 3 heterocycles. The van der Waals surface area contributed by atoms with E-state index in [0.717, 1.165) is 6.42 Å². The summed E-state index contributed by atoms with van der Waals surface area (Å²) in [5.74, 6) is 0. The third-order valence-corrected chi connectivity index (χ3v) is 12.2. The van der Waals surface area contributed by atoms with Crippen LogP contribution in [0.25, 0.3) is 77.3 Å². The molecular weight excluding hydrogens is 691 g/mol. The summed E-state index contributed by atoms with van der Waals surface area (Å²) < 4.78 is 4.80. The smallest absolute Gasteiger partial charge is 0.0633 e. The van der Waals surface area contributed by atoms with E-state index in [0.29, 0.717) is 0 Å². The van der Waals surface area contributed by atoms with E-state index >= 15 is 0 Å². The molecule has 57 heavy (non-hydrogen) atoms. The van der Waals surface area contributed by atoms with E-state index in [-0.39, 0.29) is 6.04 Å². The number of benzene rings is 8. The fraction of sp³-hybridized carbons (Fsp3) is 0.0370. The number of anilines is 2. The minimum absolute atomic E-state index is 0.277. The monoisotopic (exact) mass is 727 g/mol. The SMILES string of the molecule is C1=C(c2ccc3c(c2)c2cc(-c4ccc5c(c4)c4ccccc4n5-c4ccccc4)ccc2n3-c2ccccc2)C=C2c3ccccc3N(c3ccccc3)C2C1. The van der Waals surface area contributed by atoms with Crippen molar-refractivity contribution in [1.82, 2.24) is 9.13 Å². The van der Waals surface area contributed by atoms with Crippen LogP contribution >= 0.6 is 0 Å². The summed E-state index contributed by atoms with van der Waals surface area (Å²) in [6, 6.07) is 71.3. The number of rotatable bonds is 5. The summed E-state index contributed by atoms with van der Waals surface area (Å²) in [7, 11) is 0. The van der Waals surface area contributed by atoms with Crippen LogP contribution in [0.3, 0.4) is 0 Å². The summed E-state index contributed by atoms with van der Waals surface area (Å²) in [6.07, 6.45) is 5.84. The topological polar surface area (TPSA) is 13.1 Å². The summed E-state index contributed by atoms with van der Waals surface area (Å²) in [5.41, 5.74) is 17.4. The van der Waals surface area contributed by atoms with Gasteiger partial charge in [0.05, 0.1) is 28.1 Å². The van der Waals surface area contributed by atoms with Gasteiger partial charge in [0, 0.05) is 49.9 Å². The Balaban J connectivity index is 1.01. The van der Waals surface area contributed by atoms with Gasteiger partial charge in [-0.1, -0.05) is 115 Å². The Morgan fingerprint density at radius 1 is 0.386 bits per heavy atom. The Bertz CT molecular complexity index is 3260. The van der Waals surface area contributed by atoms with Crippen LogP contribution in [-0.4, -0.2) is 15.2 Å². The van der Waals surface area contributed by atoms with Crippen molar-refractivity contribution in [3.05, 3.63) is 217 Å². The van der Waals surface area contributed by atoms with Crippen molar-refractivity contribution in [3.63, 3.8) is 0 Å². The summed E-state index contributed by atoms with van der Waals surface area (Å²) >= 11 is 0. The maximum absolute atomic E-state index is 2.52. The molecule has 0 saturated carbocycles. The van der Waals surface area contributed by atoms with Gasteiger partial charge in [-0.2, -0.15) is 0 Å². The van der Waals surface area contributed by atoms with Crippen molar-refractivity contribution in [2.45, 2.75) is 12.5 Å². The molecule has 1 unspecified atom stereocenters. The molecule has 1 aliphatic carbocycles. The highest BCUT2D eigenvalue weighted by molar-refractivity contribution is 6.13. The lowest BCUT2D eigenvalue weighted by Crippen LogP contribution is -2.27. The zero-order chi connectivity index (χ0) is 37.5. The summed E-state index contributed by atoms with van der Waals surface area (Å²) in [5, 5.41) is 5.03. The molecule has 0 bridgehead atoms. The molecule has 0 amide bonds. The Hall–Kier alpha value is -7.36. The summed E-state index contributed by atoms with van der Waals surface area (Å²) in [4.78, 5) is 2.52. The first-order chi connectivity index (χ1) is 28.3. The second-order valence-corrected chi connectivity index (χ2v) is 15.3. The molecular formula is C54H37N3. The first kappa shape index (κ1) is 31.9. The molecule has 3 nitrogen and oxygen atoms in total. The van der Waals surface area contributed by atoms with Gasteiger partial charge in [-0.3, -0.25) is 0 Å². The van der Waals surface area contributed by atoms with Gasteiger partial charge in [-0.15, -0.1) is 0 Å². The van der Waals surface area contributed by atoms with Crippen molar-refractivity contribution in [1.29, 1.82) is 0 Å². The highest BCUT2D eigenvalue weighted by Crippen LogP contribution is 2.49. The third-order valence-electron chi connectivity index (χ3n) is 12.2. The molecule has 3 heteroatoms. The lowest BCUT2D eigenvalue weighted by Gasteiger charge is -2.29. The van der Waals surface area contributed by atoms with Gasteiger partial charge in [0.2, 0.25) is 0 Å². The molecule has 0 radical (unpaired) electrons. The second-order valence-electron chi connectivity index (χ2n) is 15.3. The molecule has 1 atom stereocenters. The van der Waals surface area contributed by atoms with Crippen molar-refractivity contribution < 1.29 is 0 Å². The number of aromatic nitrogens is 2. The molecule has 1 aliphatic heterocycles. The Labute approximate surface area is 331 Å². The van der Waals surface area contributed by atoms with Crippen LogP contribution < -0.4 is 4.90 Å². The second kappa shape index (κ2) is 12.6. The third kappa shape index (κ3) is 4.92. The maximum Gasteiger partial charge on any atom is 0.0633 e. The highest BCUT2D eigenvalue weighted by Gasteiger charge is 2.35. The molecule has 0 N–H and O–H groups in total. The van der Waals surface area contributed by atoms with Crippen LogP contribution in [-0.2, 0) is 0 Å². The number of nitrogens with zero attached hydrogens (tertiary/aromatic N) is 3. The Morgan fingerprint density at radius 3 is 1.49 bits per heavy atom. The number of fused-ring (bicyclic) bond motifs is 9. The fourth-order valence-electron chi connectivity index (χ4n) is 9.64. The van der Waals surface area contributed by atoms with Gasteiger partial charge >= 0.3 is 0 Å². The first-order valence-electron chi connectivity index (χ1n) is 19.9. The predicted octanol–water partition coefficient (Wildman–Crippen LogP) is 13.9. The number of hydrogen-bond acceptors (Lipinski definition) is 1. The zero-order valence-electron chi connectivity index (χ0n) is 31.3. The lowest BCUT2D eigenvalue weighted by molar-refractivity contribution is 0.831. The van der Waals surface area contributed by atoms with Gasteiger partial charge in [0.1, 0.15) is 0 Å². The largest absolute Gasteiger partial charge is 0.333 e.